The van der Waals surface area contributed by atoms with Crippen molar-refractivity contribution in [2.75, 3.05) is 18.4 Å². The third-order valence-corrected chi connectivity index (χ3v) is 3.91. The zero-order chi connectivity index (χ0) is 14.7. The lowest BCUT2D eigenvalue weighted by Crippen LogP contribution is -2.12. The van der Waals surface area contributed by atoms with E-state index in [0.717, 1.165) is 18.8 Å². The first-order valence-corrected chi connectivity index (χ1v) is 7.34. The van der Waals surface area contributed by atoms with E-state index in [1.807, 2.05) is 12.1 Å². The fourth-order valence-electron chi connectivity index (χ4n) is 2.49. The first-order valence-electron chi connectivity index (χ1n) is 6.96. The second kappa shape index (κ2) is 6.24. The number of rotatable bonds is 3. The van der Waals surface area contributed by atoms with Crippen molar-refractivity contribution in [3.63, 3.8) is 0 Å². The number of nitrogens with one attached hydrogen (secondary N) is 2. The van der Waals surface area contributed by atoms with E-state index in [1.54, 1.807) is 12.1 Å². The Morgan fingerprint density at radius 3 is 2.67 bits per heavy atom. The van der Waals surface area contributed by atoms with Gasteiger partial charge < -0.3 is 10.6 Å². The van der Waals surface area contributed by atoms with Crippen LogP contribution in [0, 0.1) is 0 Å². The van der Waals surface area contributed by atoms with Gasteiger partial charge in [-0.2, -0.15) is 0 Å². The topological polar surface area (TPSA) is 54.0 Å². The molecule has 1 aromatic carbocycles. The number of amides is 1. The van der Waals surface area contributed by atoms with Gasteiger partial charge in [-0.1, -0.05) is 23.7 Å². The summed E-state index contributed by atoms with van der Waals surface area (Å²) >= 11 is 5.71. The molecule has 4 nitrogen and oxygen atoms in total. The molecule has 0 spiro atoms. The molecule has 2 heterocycles. The molecule has 21 heavy (non-hydrogen) atoms. The summed E-state index contributed by atoms with van der Waals surface area (Å²) in [5.41, 5.74) is 2.58. The molecular formula is C16H16ClN3O. The van der Waals surface area contributed by atoms with Gasteiger partial charge in [0.1, 0.15) is 5.15 Å². The van der Waals surface area contributed by atoms with Crippen LogP contribution in [0.2, 0.25) is 5.15 Å². The van der Waals surface area contributed by atoms with Crippen LogP contribution in [0.5, 0.6) is 0 Å². The molecule has 108 valence electrons. The van der Waals surface area contributed by atoms with Gasteiger partial charge in [-0.3, -0.25) is 4.79 Å². The van der Waals surface area contributed by atoms with E-state index in [0.29, 0.717) is 16.6 Å². The number of pyridine rings is 1. The van der Waals surface area contributed by atoms with Crippen LogP contribution in [0.25, 0.3) is 0 Å². The molecule has 0 saturated carbocycles. The minimum Gasteiger partial charge on any atom is -0.322 e. The Morgan fingerprint density at radius 1 is 1.24 bits per heavy atom. The van der Waals surface area contributed by atoms with Gasteiger partial charge in [0, 0.05) is 18.4 Å². The van der Waals surface area contributed by atoms with Crippen molar-refractivity contribution in [3.8, 4) is 0 Å². The monoisotopic (exact) mass is 301 g/mol. The lowest BCUT2D eigenvalue weighted by Gasteiger charge is -2.10. The number of hydrogen-bond acceptors (Lipinski definition) is 3. The number of nitrogens with zero attached hydrogens (tertiary/aromatic N) is 1. The Labute approximate surface area is 128 Å². The Kier molecular flexibility index (Phi) is 4.18. The molecule has 1 saturated heterocycles. The molecule has 5 heteroatoms. The molecule has 0 unspecified atom stereocenters. The fraction of sp³-hybridized carbons (Fsp3) is 0.250. The van der Waals surface area contributed by atoms with E-state index in [1.165, 1.54) is 18.2 Å². The number of halogens is 1. The number of hydrogen-bond donors (Lipinski definition) is 2. The number of aromatic nitrogens is 1. The molecule has 0 aliphatic carbocycles. The molecule has 2 aromatic rings. The number of benzene rings is 1. The summed E-state index contributed by atoms with van der Waals surface area (Å²) < 4.78 is 0. The third kappa shape index (κ3) is 3.40. The molecule has 1 atom stereocenters. The first-order chi connectivity index (χ1) is 10.2. The highest BCUT2D eigenvalue weighted by molar-refractivity contribution is 6.29. The van der Waals surface area contributed by atoms with E-state index in [9.17, 15) is 4.79 Å². The minimum absolute atomic E-state index is 0.186. The van der Waals surface area contributed by atoms with Gasteiger partial charge in [0.15, 0.2) is 0 Å². The normalized spacial score (nSPS) is 17.7. The predicted molar refractivity (Wildman–Crippen MR) is 83.9 cm³/mol. The SMILES string of the molecule is O=C(Nc1ccc([C@H]2CCNC2)cc1)c1ccc(Cl)nc1. The maximum Gasteiger partial charge on any atom is 0.257 e. The highest BCUT2D eigenvalue weighted by atomic mass is 35.5. The van der Waals surface area contributed by atoms with Crippen molar-refractivity contribution < 1.29 is 4.79 Å². The second-order valence-corrected chi connectivity index (χ2v) is 5.52. The molecule has 1 aliphatic rings. The summed E-state index contributed by atoms with van der Waals surface area (Å²) in [5, 5.41) is 6.59. The quantitative estimate of drug-likeness (QED) is 0.857. The summed E-state index contributed by atoms with van der Waals surface area (Å²) in [6.45, 7) is 2.11. The maximum absolute atomic E-state index is 12.1. The fourth-order valence-corrected chi connectivity index (χ4v) is 2.60. The molecule has 0 radical (unpaired) electrons. The van der Waals surface area contributed by atoms with Gasteiger partial charge in [0.2, 0.25) is 0 Å². The van der Waals surface area contributed by atoms with Crippen LogP contribution in [-0.2, 0) is 0 Å². The van der Waals surface area contributed by atoms with Crippen molar-refractivity contribution >= 4 is 23.2 Å². The van der Waals surface area contributed by atoms with Crippen LogP contribution in [-0.4, -0.2) is 24.0 Å². The molecule has 2 N–H and O–H groups in total. The Hall–Kier alpha value is -1.91. The van der Waals surface area contributed by atoms with Crippen molar-refractivity contribution in [1.29, 1.82) is 0 Å². The smallest absolute Gasteiger partial charge is 0.257 e. The van der Waals surface area contributed by atoms with Crippen LogP contribution in [0.4, 0.5) is 5.69 Å². The summed E-state index contributed by atoms with van der Waals surface area (Å²) in [7, 11) is 0. The van der Waals surface area contributed by atoms with Crippen LogP contribution in [0.1, 0.15) is 28.3 Å². The largest absolute Gasteiger partial charge is 0.322 e. The van der Waals surface area contributed by atoms with Gasteiger partial charge in [0.25, 0.3) is 5.91 Å². The lowest BCUT2D eigenvalue weighted by molar-refractivity contribution is 0.102. The zero-order valence-corrected chi connectivity index (χ0v) is 12.2. The van der Waals surface area contributed by atoms with E-state index >= 15 is 0 Å². The van der Waals surface area contributed by atoms with E-state index < -0.39 is 0 Å². The summed E-state index contributed by atoms with van der Waals surface area (Å²) in [5.74, 6) is 0.393. The van der Waals surface area contributed by atoms with Gasteiger partial charge in [0.05, 0.1) is 5.56 Å². The maximum atomic E-state index is 12.1. The average molecular weight is 302 g/mol. The molecule has 0 bridgehead atoms. The third-order valence-electron chi connectivity index (χ3n) is 3.69. The average Bonchev–Trinajstić information content (AvgIpc) is 3.03. The highest BCUT2D eigenvalue weighted by Crippen LogP contribution is 2.23. The van der Waals surface area contributed by atoms with Gasteiger partial charge in [-0.15, -0.1) is 0 Å². The number of carbonyl (C=O) groups is 1. The first kappa shape index (κ1) is 14.0. The van der Waals surface area contributed by atoms with Gasteiger partial charge in [-0.25, -0.2) is 4.98 Å². The van der Waals surface area contributed by atoms with Crippen molar-refractivity contribution in [2.45, 2.75) is 12.3 Å². The summed E-state index contributed by atoms with van der Waals surface area (Å²) in [6, 6.07) is 11.3. The minimum atomic E-state index is -0.186. The summed E-state index contributed by atoms with van der Waals surface area (Å²) in [6.07, 6.45) is 2.64. The van der Waals surface area contributed by atoms with E-state index in [2.05, 4.69) is 27.8 Å². The molecule has 1 amide bonds. The zero-order valence-electron chi connectivity index (χ0n) is 11.5. The van der Waals surface area contributed by atoms with Crippen LogP contribution in [0.3, 0.4) is 0 Å². The molecule has 1 aliphatic heterocycles. The molecular weight excluding hydrogens is 286 g/mol. The van der Waals surface area contributed by atoms with Crippen LogP contribution < -0.4 is 10.6 Å². The van der Waals surface area contributed by atoms with E-state index in [4.69, 9.17) is 11.6 Å². The van der Waals surface area contributed by atoms with Gasteiger partial charge in [-0.05, 0) is 48.7 Å². The number of carbonyl (C=O) groups excluding carboxylic acids is 1. The van der Waals surface area contributed by atoms with Crippen LogP contribution >= 0.6 is 11.6 Å². The summed E-state index contributed by atoms with van der Waals surface area (Å²) in [4.78, 5) is 16.0. The van der Waals surface area contributed by atoms with Crippen molar-refractivity contribution in [3.05, 3.63) is 58.9 Å². The molecule has 3 rings (SSSR count). The second-order valence-electron chi connectivity index (χ2n) is 5.14. The lowest BCUT2D eigenvalue weighted by atomic mass is 9.98. The molecule has 1 fully saturated rings. The van der Waals surface area contributed by atoms with Crippen molar-refractivity contribution in [2.24, 2.45) is 0 Å². The van der Waals surface area contributed by atoms with Gasteiger partial charge >= 0.3 is 0 Å². The predicted octanol–water partition coefficient (Wildman–Crippen LogP) is 3.06. The Morgan fingerprint density at radius 2 is 2.05 bits per heavy atom. The highest BCUT2D eigenvalue weighted by Gasteiger charge is 2.16. The molecule has 1 aromatic heterocycles. The Balaban J connectivity index is 1.67. The van der Waals surface area contributed by atoms with Crippen LogP contribution in [0.15, 0.2) is 42.6 Å². The van der Waals surface area contributed by atoms with E-state index in [-0.39, 0.29) is 5.91 Å². The van der Waals surface area contributed by atoms with Crippen molar-refractivity contribution in [1.82, 2.24) is 10.3 Å². The Bertz CT molecular complexity index is 619. The standard InChI is InChI=1S/C16H16ClN3O/c17-15-6-3-13(10-19-15)16(21)20-14-4-1-11(2-5-14)12-7-8-18-9-12/h1-6,10,12,18H,7-9H2,(H,20,21)/t12-/m0/s1. The number of anilines is 1.